The third kappa shape index (κ3) is 5.67. The lowest BCUT2D eigenvalue weighted by Crippen LogP contribution is -2.41. The normalized spacial score (nSPS) is 13.5. The van der Waals surface area contributed by atoms with E-state index in [2.05, 4.69) is 41.5 Å². The third-order valence-electron chi connectivity index (χ3n) is 3.00. The number of ether oxygens (including phenoxy) is 1. The number of hydrogen-bond acceptors (Lipinski definition) is 2. The largest absolute Gasteiger partial charge is 0.369 e. The van der Waals surface area contributed by atoms with Crippen LogP contribution in [-0.2, 0) is 4.74 Å². The summed E-state index contributed by atoms with van der Waals surface area (Å²) < 4.78 is 6.19. The highest BCUT2D eigenvalue weighted by atomic mass is 16.5. The molecule has 0 fully saturated rings. The standard InChI is InChI=1S/C15H31NO/c1-7-10-15(11-8-2,17-12-9-3)14(6)16-13(4)5/h13H,7-12H2,1-6H3. The van der Waals surface area contributed by atoms with E-state index in [0.29, 0.717) is 6.04 Å². The van der Waals surface area contributed by atoms with Crippen LogP contribution in [0.4, 0.5) is 0 Å². The van der Waals surface area contributed by atoms with Gasteiger partial charge in [0.25, 0.3) is 0 Å². The molecule has 0 aliphatic heterocycles. The van der Waals surface area contributed by atoms with Crippen molar-refractivity contribution < 1.29 is 4.74 Å². The Morgan fingerprint density at radius 1 is 1.06 bits per heavy atom. The van der Waals surface area contributed by atoms with Crippen LogP contribution in [0.25, 0.3) is 0 Å². The third-order valence-corrected chi connectivity index (χ3v) is 3.00. The maximum absolute atomic E-state index is 6.19. The first-order valence-corrected chi connectivity index (χ1v) is 7.21. The molecule has 0 N–H and O–H groups in total. The highest BCUT2D eigenvalue weighted by Gasteiger charge is 2.32. The Balaban J connectivity index is 4.98. The second-order valence-electron chi connectivity index (χ2n) is 5.15. The van der Waals surface area contributed by atoms with Crippen molar-refractivity contribution in [2.45, 2.75) is 85.3 Å². The van der Waals surface area contributed by atoms with Crippen molar-refractivity contribution >= 4 is 5.71 Å². The molecule has 0 radical (unpaired) electrons. The molecule has 2 nitrogen and oxygen atoms in total. The van der Waals surface area contributed by atoms with Gasteiger partial charge in [0, 0.05) is 18.4 Å². The molecule has 102 valence electrons. The fraction of sp³-hybridized carbons (Fsp3) is 0.933. The Kier molecular flexibility index (Phi) is 8.49. The molecule has 0 aromatic carbocycles. The van der Waals surface area contributed by atoms with Crippen molar-refractivity contribution in [3.63, 3.8) is 0 Å². The molecule has 17 heavy (non-hydrogen) atoms. The van der Waals surface area contributed by atoms with Crippen LogP contribution in [0, 0.1) is 0 Å². The maximum atomic E-state index is 6.19. The van der Waals surface area contributed by atoms with Crippen LogP contribution in [0.5, 0.6) is 0 Å². The average Bonchev–Trinajstić information content (AvgIpc) is 2.25. The van der Waals surface area contributed by atoms with E-state index in [0.717, 1.165) is 38.7 Å². The van der Waals surface area contributed by atoms with Crippen molar-refractivity contribution in [3.05, 3.63) is 0 Å². The Labute approximate surface area is 108 Å². The van der Waals surface area contributed by atoms with Gasteiger partial charge >= 0.3 is 0 Å². The zero-order chi connectivity index (χ0) is 13.3. The highest BCUT2D eigenvalue weighted by molar-refractivity contribution is 5.90. The molecule has 0 unspecified atom stereocenters. The molecule has 0 bridgehead atoms. The van der Waals surface area contributed by atoms with Crippen molar-refractivity contribution in [2.75, 3.05) is 6.61 Å². The molecule has 0 saturated heterocycles. The average molecular weight is 241 g/mol. The second kappa shape index (κ2) is 8.68. The molecule has 0 saturated carbocycles. The summed E-state index contributed by atoms with van der Waals surface area (Å²) in [6, 6.07) is 0.355. The van der Waals surface area contributed by atoms with Crippen LogP contribution < -0.4 is 0 Å². The molecule has 0 aromatic rings. The summed E-state index contributed by atoms with van der Waals surface area (Å²) >= 11 is 0. The van der Waals surface area contributed by atoms with E-state index in [1.54, 1.807) is 0 Å². The molecule has 0 heterocycles. The van der Waals surface area contributed by atoms with Crippen LogP contribution in [-0.4, -0.2) is 24.0 Å². The summed E-state index contributed by atoms with van der Waals surface area (Å²) in [4.78, 5) is 4.73. The molecule has 0 amide bonds. The van der Waals surface area contributed by atoms with Gasteiger partial charge in [-0.2, -0.15) is 0 Å². The Hall–Kier alpha value is -0.370. The predicted octanol–water partition coefficient (Wildman–Crippen LogP) is 4.62. The maximum Gasteiger partial charge on any atom is 0.105 e. The zero-order valence-corrected chi connectivity index (χ0v) is 12.7. The minimum atomic E-state index is -0.107. The molecule has 0 aliphatic rings. The van der Waals surface area contributed by atoms with Gasteiger partial charge < -0.3 is 4.74 Å². The molecule has 0 rings (SSSR count). The van der Waals surface area contributed by atoms with Crippen LogP contribution in [0.2, 0.25) is 0 Å². The Morgan fingerprint density at radius 2 is 1.59 bits per heavy atom. The number of aliphatic imine (C=N–C) groups is 1. The lowest BCUT2D eigenvalue weighted by molar-refractivity contribution is -0.00625. The smallest absolute Gasteiger partial charge is 0.105 e. The summed E-state index contributed by atoms with van der Waals surface area (Å²) in [5.41, 5.74) is 1.08. The number of hydrogen-bond donors (Lipinski definition) is 0. The van der Waals surface area contributed by atoms with Crippen molar-refractivity contribution in [3.8, 4) is 0 Å². The highest BCUT2D eigenvalue weighted by Crippen LogP contribution is 2.27. The molecule has 0 spiro atoms. The number of rotatable bonds is 9. The van der Waals surface area contributed by atoms with Gasteiger partial charge in [0.05, 0.1) is 0 Å². The van der Waals surface area contributed by atoms with E-state index in [9.17, 15) is 0 Å². The van der Waals surface area contributed by atoms with Crippen LogP contribution in [0.3, 0.4) is 0 Å². The summed E-state index contributed by atoms with van der Waals surface area (Å²) in [6.45, 7) is 13.9. The lowest BCUT2D eigenvalue weighted by Gasteiger charge is -2.34. The van der Waals surface area contributed by atoms with E-state index >= 15 is 0 Å². The van der Waals surface area contributed by atoms with Gasteiger partial charge in [0.1, 0.15) is 5.60 Å². The minimum Gasteiger partial charge on any atom is -0.369 e. The van der Waals surface area contributed by atoms with E-state index in [4.69, 9.17) is 9.73 Å². The van der Waals surface area contributed by atoms with Crippen LogP contribution >= 0.6 is 0 Å². The molecule has 0 aliphatic carbocycles. The fourth-order valence-electron chi connectivity index (χ4n) is 2.35. The number of nitrogens with zero attached hydrogens (tertiary/aromatic N) is 1. The van der Waals surface area contributed by atoms with E-state index in [-0.39, 0.29) is 5.60 Å². The van der Waals surface area contributed by atoms with Gasteiger partial charge in [0.2, 0.25) is 0 Å². The molecular formula is C15H31NO. The lowest BCUT2D eigenvalue weighted by atomic mass is 9.87. The Bertz CT molecular complexity index is 215. The van der Waals surface area contributed by atoms with E-state index < -0.39 is 0 Å². The van der Waals surface area contributed by atoms with Gasteiger partial charge in [-0.3, -0.25) is 4.99 Å². The first-order valence-electron chi connectivity index (χ1n) is 7.21. The summed E-state index contributed by atoms with van der Waals surface area (Å²) in [5, 5.41) is 0. The molecule has 0 aromatic heterocycles. The first-order chi connectivity index (χ1) is 8.02. The van der Waals surface area contributed by atoms with Gasteiger partial charge in [0.15, 0.2) is 0 Å². The van der Waals surface area contributed by atoms with E-state index in [1.165, 1.54) is 5.71 Å². The second-order valence-corrected chi connectivity index (χ2v) is 5.15. The summed E-state index contributed by atoms with van der Waals surface area (Å²) in [6.07, 6.45) is 5.54. The molecular weight excluding hydrogens is 210 g/mol. The van der Waals surface area contributed by atoms with Crippen LogP contribution in [0.15, 0.2) is 4.99 Å². The monoisotopic (exact) mass is 241 g/mol. The van der Waals surface area contributed by atoms with Crippen molar-refractivity contribution in [1.29, 1.82) is 0 Å². The quantitative estimate of drug-likeness (QED) is 0.540. The minimum absolute atomic E-state index is 0.107. The van der Waals surface area contributed by atoms with Crippen molar-refractivity contribution in [2.24, 2.45) is 4.99 Å². The van der Waals surface area contributed by atoms with Crippen LogP contribution in [0.1, 0.15) is 73.6 Å². The SMILES string of the molecule is CCCOC(CCC)(CCC)C(C)=NC(C)C. The first kappa shape index (κ1) is 16.6. The topological polar surface area (TPSA) is 21.6 Å². The zero-order valence-electron chi connectivity index (χ0n) is 12.7. The van der Waals surface area contributed by atoms with Gasteiger partial charge in [-0.1, -0.05) is 33.6 Å². The summed E-state index contributed by atoms with van der Waals surface area (Å²) in [5.74, 6) is 0. The van der Waals surface area contributed by atoms with Gasteiger partial charge in [-0.15, -0.1) is 0 Å². The Morgan fingerprint density at radius 3 is 1.94 bits per heavy atom. The fourth-order valence-corrected chi connectivity index (χ4v) is 2.35. The van der Waals surface area contributed by atoms with Gasteiger partial charge in [-0.05, 0) is 40.0 Å². The predicted molar refractivity (Wildman–Crippen MR) is 77.0 cm³/mol. The van der Waals surface area contributed by atoms with E-state index in [1.807, 2.05) is 0 Å². The molecule has 2 heteroatoms. The van der Waals surface area contributed by atoms with Gasteiger partial charge in [-0.25, -0.2) is 0 Å². The summed E-state index contributed by atoms with van der Waals surface area (Å²) in [7, 11) is 0. The van der Waals surface area contributed by atoms with Crippen molar-refractivity contribution in [1.82, 2.24) is 0 Å². The molecule has 0 atom stereocenters.